The number of benzene rings is 2. The minimum atomic E-state index is -0.508. The summed E-state index contributed by atoms with van der Waals surface area (Å²) < 4.78 is 1.06. The predicted molar refractivity (Wildman–Crippen MR) is 96.8 cm³/mol. The largest absolute Gasteiger partial charge is 0.328 e. The fourth-order valence-corrected chi connectivity index (χ4v) is 2.97. The summed E-state index contributed by atoms with van der Waals surface area (Å²) in [5.74, 6) is -0.249. The van der Waals surface area contributed by atoms with Gasteiger partial charge >= 0.3 is 5.69 Å². The molecule has 7 heteroatoms. The van der Waals surface area contributed by atoms with E-state index in [-0.39, 0.29) is 12.3 Å². The molecule has 0 aliphatic rings. The lowest BCUT2D eigenvalue weighted by atomic mass is 10.0. The van der Waals surface area contributed by atoms with Gasteiger partial charge in [0, 0.05) is 33.4 Å². The van der Waals surface area contributed by atoms with Crippen LogP contribution < -0.4 is 11.2 Å². The first-order chi connectivity index (χ1) is 11.9. The molecule has 0 unspecified atom stereocenters. The summed E-state index contributed by atoms with van der Waals surface area (Å²) in [5.41, 5.74) is 0.506. The van der Waals surface area contributed by atoms with Crippen LogP contribution in [0.4, 0.5) is 0 Å². The second-order valence-corrected chi connectivity index (χ2v) is 6.27. The second kappa shape index (κ2) is 7.09. The molecule has 0 atom stereocenters. The highest BCUT2D eigenvalue weighted by molar-refractivity contribution is 6.35. The van der Waals surface area contributed by atoms with Gasteiger partial charge in [0.1, 0.15) is 0 Å². The number of carbonyl (C=O) groups excluding carboxylic acids is 1. The van der Waals surface area contributed by atoms with Crippen molar-refractivity contribution in [3.8, 4) is 0 Å². The van der Waals surface area contributed by atoms with Crippen molar-refractivity contribution in [1.82, 2.24) is 9.55 Å². The number of H-pyrrole nitrogens is 1. The van der Waals surface area contributed by atoms with Gasteiger partial charge in [0.2, 0.25) is 0 Å². The van der Waals surface area contributed by atoms with Crippen molar-refractivity contribution < 1.29 is 4.79 Å². The Morgan fingerprint density at radius 1 is 0.960 bits per heavy atom. The lowest BCUT2D eigenvalue weighted by Gasteiger charge is -2.07. The highest BCUT2D eigenvalue weighted by atomic mass is 35.5. The number of hydrogen-bond donors (Lipinski definition) is 1. The van der Waals surface area contributed by atoms with Crippen molar-refractivity contribution in [2.45, 2.75) is 6.54 Å². The lowest BCUT2D eigenvalue weighted by molar-refractivity contribution is 0.103. The van der Waals surface area contributed by atoms with Crippen LogP contribution in [0, 0.1) is 0 Å². The van der Waals surface area contributed by atoms with Crippen LogP contribution in [0.15, 0.2) is 64.3 Å². The van der Waals surface area contributed by atoms with E-state index in [1.54, 1.807) is 30.3 Å². The summed E-state index contributed by atoms with van der Waals surface area (Å²) in [6.07, 6.45) is 1.30. The first-order valence-corrected chi connectivity index (χ1v) is 8.08. The molecule has 25 heavy (non-hydrogen) atoms. The predicted octanol–water partition coefficient (Wildman–Crippen LogP) is 3.12. The highest BCUT2D eigenvalue weighted by Gasteiger charge is 2.12. The maximum atomic E-state index is 12.6. The van der Waals surface area contributed by atoms with Gasteiger partial charge in [0.15, 0.2) is 5.78 Å². The van der Waals surface area contributed by atoms with E-state index >= 15 is 0 Å². The minimum Gasteiger partial charge on any atom is -0.314 e. The highest BCUT2D eigenvalue weighted by Crippen LogP contribution is 2.21. The monoisotopic (exact) mass is 374 g/mol. The van der Waals surface area contributed by atoms with Gasteiger partial charge < -0.3 is 4.98 Å². The Hall–Kier alpha value is -2.63. The van der Waals surface area contributed by atoms with Crippen molar-refractivity contribution >= 4 is 29.0 Å². The van der Waals surface area contributed by atoms with Gasteiger partial charge in [-0.15, -0.1) is 0 Å². The molecule has 126 valence electrons. The molecule has 0 fully saturated rings. The molecule has 2 aromatic carbocycles. The molecule has 0 aliphatic carbocycles. The van der Waals surface area contributed by atoms with Crippen molar-refractivity contribution in [3.05, 3.63) is 102 Å². The summed E-state index contributed by atoms with van der Waals surface area (Å²) in [7, 11) is 0. The zero-order valence-corrected chi connectivity index (χ0v) is 14.3. The molecule has 1 heterocycles. The van der Waals surface area contributed by atoms with Gasteiger partial charge in [0.25, 0.3) is 5.56 Å². The maximum Gasteiger partial charge on any atom is 0.328 e. The molecule has 1 aromatic heterocycles. The Bertz CT molecular complexity index is 1020. The average molecular weight is 375 g/mol. The van der Waals surface area contributed by atoms with E-state index in [1.807, 2.05) is 0 Å². The molecule has 0 aliphatic heterocycles. The van der Waals surface area contributed by atoms with Crippen LogP contribution in [-0.4, -0.2) is 15.3 Å². The Morgan fingerprint density at radius 2 is 1.68 bits per heavy atom. The van der Waals surface area contributed by atoms with Gasteiger partial charge in [0.05, 0.1) is 6.54 Å². The number of rotatable bonds is 4. The number of aromatic nitrogens is 2. The van der Waals surface area contributed by atoms with Crippen molar-refractivity contribution in [1.29, 1.82) is 0 Å². The topological polar surface area (TPSA) is 71.9 Å². The second-order valence-electron chi connectivity index (χ2n) is 5.39. The van der Waals surface area contributed by atoms with Crippen LogP contribution in [0.1, 0.15) is 21.5 Å². The Morgan fingerprint density at radius 3 is 2.36 bits per heavy atom. The van der Waals surface area contributed by atoms with Crippen LogP contribution in [0.25, 0.3) is 0 Å². The first-order valence-electron chi connectivity index (χ1n) is 7.32. The molecule has 3 rings (SSSR count). The van der Waals surface area contributed by atoms with Crippen LogP contribution >= 0.6 is 23.2 Å². The maximum absolute atomic E-state index is 12.6. The third-order valence-corrected chi connectivity index (χ3v) is 4.03. The van der Waals surface area contributed by atoms with Gasteiger partial charge in [-0.3, -0.25) is 14.2 Å². The average Bonchev–Trinajstić information content (AvgIpc) is 2.57. The molecule has 0 saturated heterocycles. The fourth-order valence-electron chi connectivity index (χ4n) is 2.45. The summed E-state index contributed by atoms with van der Waals surface area (Å²) in [5, 5.41) is 0.740. The first kappa shape index (κ1) is 17.2. The van der Waals surface area contributed by atoms with Gasteiger partial charge in [-0.25, -0.2) is 4.79 Å². The number of hydrogen-bond acceptors (Lipinski definition) is 3. The number of nitrogens with one attached hydrogen (secondary N) is 1. The molecule has 0 bridgehead atoms. The van der Waals surface area contributed by atoms with Gasteiger partial charge in [-0.05, 0) is 29.8 Å². The van der Waals surface area contributed by atoms with E-state index < -0.39 is 11.2 Å². The number of halogens is 2. The molecule has 0 radical (unpaired) electrons. The molecule has 5 nitrogen and oxygen atoms in total. The fraction of sp³-hybridized carbons (Fsp3) is 0.0556. The Labute approximate surface area is 152 Å². The standard InChI is InChI=1S/C18H12Cl2N2O3/c19-14-7-13(8-15(20)9-14)17(24)12-3-1-2-11(6-12)10-22-16(23)4-5-21-18(22)25/h1-9H,10H2,(H,21,25). The van der Waals surface area contributed by atoms with Crippen LogP contribution in [0.5, 0.6) is 0 Å². The Balaban J connectivity index is 1.95. The van der Waals surface area contributed by atoms with Gasteiger partial charge in [-0.2, -0.15) is 0 Å². The van der Waals surface area contributed by atoms with Gasteiger partial charge in [-0.1, -0.05) is 41.4 Å². The molecule has 0 amide bonds. The number of aromatic amines is 1. The summed E-state index contributed by atoms with van der Waals surface area (Å²) in [6, 6.07) is 12.6. The van der Waals surface area contributed by atoms with E-state index in [0.717, 1.165) is 4.57 Å². The molecular formula is C18H12Cl2N2O3. The molecule has 3 aromatic rings. The number of nitrogens with zero attached hydrogens (tertiary/aromatic N) is 1. The number of carbonyl (C=O) groups is 1. The summed E-state index contributed by atoms with van der Waals surface area (Å²) >= 11 is 11.9. The van der Waals surface area contributed by atoms with E-state index in [0.29, 0.717) is 26.7 Å². The molecular weight excluding hydrogens is 363 g/mol. The Kier molecular flexibility index (Phi) is 4.88. The third-order valence-electron chi connectivity index (χ3n) is 3.60. The number of ketones is 1. The van der Waals surface area contributed by atoms with Crippen molar-refractivity contribution in [3.63, 3.8) is 0 Å². The van der Waals surface area contributed by atoms with E-state index in [4.69, 9.17) is 23.2 Å². The van der Waals surface area contributed by atoms with E-state index in [9.17, 15) is 14.4 Å². The SMILES string of the molecule is O=C(c1cc(Cl)cc(Cl)c1)c1cccc(Cn2c(=O)cc[nH]c2=O)c1. The molecule has 0 saturated carbocycles. The lowest BCUT2D eigenvalue weighted by Crippen LogP contribution is -2.34. The van der Waals surface area contributed by atoms with Crippen molar-refractivity contribution in [2.75, 3.05) is 0 Å². The van der Waals surface area contributed by atoms with Crippen LogP contribution in [-0.2, 0) is 6.54 Å². The minimum absolute atomic E-state index is 0.0619. The quantitative estimate of drug-likeness (QED) is 0.713. The van der Waals surface area contributed by atoms with E-state index in [2.05, 4.69) is 4.98 Å². The van der Waals surface area contributed by atoms with Crippen LogP contribution in [0.2, 0.25) is 10.0 Å². The summed E-state index contributed by atoms with van der Waals surface area (Å²) in [6.45, 7) is 0.0619. The third kappa shape index (κ3) is 3.90. The van der Waals surface area contributed by atoms with Crippen molar-refractivity contribution in [2.24, 2.45) is 0 Å². The zero-order chi connectivity index (χ0) is 18.0. The van der Waals surface area contributed by atoms with E-state index in [1.165, 1.54) is 24.4 Å². The molecule has 1 N–H and O–H groups in total. The smallest absolute Gasteiger partial charge is 0.314 e. The van der Waals surface area contributed by atoms with Crippen LogP contribution in [0.3, 0.4) is 0 Å². The normalized spacial score (nSPS) is 10.6. The molecule has 0 spiro atoms. The zero-order valence-electron chi connectivity index (χ0n) is 12.8. The summed E-state index contributed by atoms with van der Waals surface area (Å²) in [4.78, 5) is 38.7.